The number of nitrogens with zero attached hydrogens (tertiary/aromatic N) is 1. The molecular weight excluding hydrogens is 319 g/mol. The van der Waals surface area contributed by atoms with Crippen molar-refractivity contribution in [1.29, 1.82) is 0 Å². The van der Waals surface area contributed by atoms with E-state index in [4.69, 9.17) is 0 Å². The van der Waals surface area contributed by atoms with Crippen LogP contribution >= 0.6 is 0 Å². The molecule has 1 saturated carbocycles. The molecule has 1 N–H and O–H groups in total. The van der Waals surface area contributed by atoms with Crippen LogP contribution in [0.5, 0.6) is 0 Å². The van der Waals surface area contributed by atoms with Crippen LogP contribution in [0.1, 0.15) is 25.7 Å². The van der Waals surface area contributed by atoms with Gasteiger partial charge in [-0.3, -0.25) is 0 Å². The topological polar surface area (TPSA) is 57.6 Å². The molecule has 0 heterocycles. The van der Waals surface area contributed by atoms with E-state index in [1.54, 1.807) is 0 Å². The summed E-state index contributed by atoms with van der Waals surface area (Å²) in [5.74, 6) is -5.23. The fourth-order valence-corrected chi connectivity index (χ4v) is 3.98. The molecule has 1 fully saturated rings. The molecule has 2 rings (SSSR count). The third-order valence-corrected chi connectivity index (χ3v) is 5.89. The van der Waals surface area contributed by atoms with E-state index >= 15 is 0 Å². The first-order valence-corrected chi connectivity index (χ1v) is 8.47. The van der Waals surface area contributed by atoms with Crippen LogP contribution in [0.15, 0.2) is 17.0 Å². The Morgan fingerprint density at radius 2 is 1.82 bits per heavy atom. The molecule has 0 spiro atoms. The minimum absolute atomic E-state index is 0.00192. The summed E-state index contributed by atoms with van der Waals surface area (Å²) in [4.78, 5) is -0.904. The Labute approximate surface area is 127 Å². The molecule has 0 bridgehead atoms. The molecule has 8 heteroatoms. The molecule has 1 aliphatic rings. The van der Waals surface area contributed by atoms with Gasteiger partial charge in [-0.1, -0.05) is 12.8 Å². The summed E-state index contributed by atoms with van der Waals surface area (Å²) in [7, 11) is -3.06. The molecule has 0 saturated heterocycles. The summed E-state index contributed by atoms with van der Waals surface area (Å²) in [5, 5.41) is 9.88. The number of aliphatic hydroxyl groups is 1. The first-order chi connectivity index (χ1) is 10.2. The van der Waals surface area contributed by atoms with Crippen molar-refractivity contribution in [2.75, 3.05) is 13.6 Å². The van der Waals surface area contributed by atoms with Crippen LogP contribution in [0.25, 0.3) is 0 Å². The highest BCUT2D eigenvalue weighted by atomic mass is 32.2. The van der Waals surface area contributed by atoms with Gasteiger partial charge in [0.2, 0.25) is 10.0 Å². The van der Waals surface area contributed by atoms with Gasteiger partial charge in [0, 0.05) is 13.6 Å². The highest BCUT2D eigenvalue weighted by Crippen LogP contribution is 2.28. The average Bonchev–Trinajstić information content (AvgIpc) is 2.47. The third-order valence-electron chi connectivity index (χ3n) is 4.05. The smallest absolute Gasteiger partial charge is 0.245 e. The lowest BCUT2D eigenvalue weighted by Crippen LogP contribution is -2.38. The van der Waals surface area contributed by atoms with Crippen molar-refractivity contribution in [2.45, 2.75) is 36.7 Å². The second-order valence-corrected chi connectivity index (χ2v) is 7.58. The van der Waals surface area contributed by atoms with Crippen molar-refractivity contribution >= 4 is 10.0 Å². The van der Waals surface area contributed by atoms with Crippen LogP contribution in [0.3, 0.4) is 0 Å². The van der Waals surface area contributed by atoms with Crippen molar-refractivity contribution in [3.05, 3.63) is 29.6 Å². The van der Waals surface area contributed by atoms with Crippen molar-refractivity contribution < 1.29 is 26.7 Å². The van der Waals surface area contributed by atoms with Crippen LogP contribution in [-0.4, -0.2) is 37.5 Å². The molecule has 0 aliphatic heterocycles. The average molecular weight is 337 g/mol. The zero-order valence-corrected chi connectivity index (χ0v) is 12.9. The van der Waals surface area contributed by atoms with E-state index in [2.05, 4.69) is 0 Å². The molecule has 4 nitrogen and oxygen atoms in total. The fourth-order valence-electron chi connectivity index (χ4n) is 2.70. The molecule has 2 atom stereocenters. The second-order valence-electron chi connectivity index (χ2n) is 5.57. The van der Waals surface area contributed by atoms with Gasteiger partial charge >= 0.3 is 0 Å². The predicted octanol–water partition coefficient (Wildman–Crippen LogP) is 2.28. The maximum Gasteiger partial charge on any atom is 0.245 e. The third kappa shape index (κ3) is 3.28. The summed E-state index contributed by atoms with van der Waals surface area (Å²) in [5.41, 5.74) is 0. The Hall–Kier alpha value is -1.12. The van der Waals surface area contributed by atoms with Gasteiger partial charge in [0.25, 0.3) is 0 Å². The molecule has 1 aromatic rings. The Balaban J connectivity index is 2.24. The summed E-state index contributed by atoms with van der Waals surface area (Å²) in [6.45, 7) is 0.00192. The van der Waals surface area contributed by atoms with Crippen molar-refractivity contribution in [2.24, 2.45) is 5.92 Å². The molecule has 1 aromatic carbocycles. The number of hydrogen-bond donors (Lipinski definition) is 1. The lowest BCUT2D eigenvalue weighted by Gasteiger charge is -2.30. The van der Waals surface area contributed by atoms with E-state index < -0.39 is 38.5 Å². The maximum absolute atomic E-state index is 13.7. The number of benzene rings is 1. The van der Waals surface area contributed by atoms with Gasteiger partial charge in [-0.25, -0.2) is 25.9 Å². The van der Waals surface area contributed by atoms with E-state index in [9.17, 15) is 26.7 Å². The van der Waals surface area contributed by atoms with Gasteiger partial charge in [0.05, 0.1) is 6.10 Å². The zero-order valence-electron chi connectivity index (χ0n) is 12.1. The number of halogens is 3. The second kappa shape index (κ2) is 6.55. The lowest BCUT2D eigenvalue weighted by molar-refractivity contribution is 0.0620. The Bertz CT molecular complexity index is 651. The van der Waals surface area contributed by atoms with Gasteiger partial charge in [-0.15, -0.1) is 0 Å². The summed E-state index contributed by atoms with van der Waals surface area (Å²) in [6.07, 6.45) is 2.42. The van der Waals surface area contributed by atoms with Crippen LogP contribution in [0, 0.1) is 23.4 Å². The molecular formula is C14H18F3NO3S. The summed E-state index contributed by atoms with van der Waals surface area (Å²) >= 11 is 0. The van der Waals surface area contributed by atoms with Gasteiger partial charge in [0.1, 0.15) is 4.90 Å². The lowest BCUT2D eigenvalue weighted by atomic mass is 9.86. The SMILES string of the molecule is CN(CC1CCCCC1O)S(=O)(=O)c1ccc(F)c(F)c1F. The first kappa shape index (κ1) is 17.2. The van der Waals surface area contributed by atoms with E-state index in [0.29, 0.717) is 25.0 Å². The van der Waals surface area contributed by atoms with Gasteiger partial charge in [-0.05, 0) is 30.9 Å². The molecule has 124 valence electrons. The Morgan fingerprint density at radius 3 is 2.45 bits per heavy atom. The van der Waals surface area contributed by atoms with Crippen molar-refractivity contribution in [3.8, 4) is 0 Å². The van der Waals surface area contributed by atoms with Gasteiger partial charge < -0.3 is 5.11 Å². The van der Waals surface area contributed by atoms with Crippen LogP contribution < -0.4 is 0 Å². The van der Waals surface area contributed by atoms with Crippen molar-refractivity contribution in [1.82, 2.24) is 4.31 Å². The monoisotopic (exact) mass is 337 g/mol. The van der Waals surface area contributed by atoms with Gasteiger partial charge in [0.15, 0.2) is 17.5 Å². The van der Waals surface area contributed by atoms with E-state index in [1.807, 2.05) is 0 Å². The minimum Gasteiger partial charge on any atom is -0.393 e. The molecule has 22 heavy (non-hydrogen) atoms. The highest BCUT2D eigenvalue weighted by molar-refractivity contribution is 7.89. The normalized spacial score (nSPS) is 23.0. The van der Waals surface area contributed by atoms with Crippen LogP contribution in [0.2, 0.25) is 0 Å². The van der Waals surface area contributed by atoms with Crippen LogP contribution in [0.4, 0.5) is 13.2 Å². The minimum atomic E-state index is -4.29. The standard InChI is InChI=1S/C14H18F3NO3S/c1-18(8-9-4-2-3-5-11(9)19)22(20,21)12-7-6-10(15)13(16)14(12)17/h6-7,9,11,19H,2-5,8H2,1H3. The van der Waals surface area contributed by atoms with E-state index in [1.165, 1.54) is 7.05 Å². The van der Waals surface area contributed by atoms with E-state index in [-0.39, 0.29) is 12.5 Å². The fraction of sp³-hybridized carbons (Fsp3) is 0.571. The van der Waals surface area contributed by atoms with Crippen molar-refractivity contribution in [3.63, 3.8) is 0 Å². The zero-order chi connectivity index (χ0) is 16.5. The summed E-state index contributed by atoms with van der Waals surface area (Å²) in [6, 6.07) is 1.28. The number of aliphatic hydroxyl groups excluding tert-OH is 1. The molecule has 1 aliphatic carbocycles. The summed E-state index contributed by atoms with van der Waals surface area (Å²) < 4.78 is 65.4. The van der Waals surface area contributed by atoms with Gasteiger partial charge in [-0.2, -0.15) is 0 Å². The molecule has 0 radical (unpaired) electrons. The highest BCUT2D eigenvalue weighted by Gasteiger charge is 2.32. The number of rotatable bonds is 4. The number of hydrogen-bond acceptors (Lipinski definition) is 3. The molecule has 2 unspecified atom stereocenters. The number of sulfonamides is 1. The maximum atomic E-state index is 13.7. The Morgan fingerprint density at radius 1 is 1.18 bits per heavy atom. The quantitative estimate of drug-likeness (QED) is 0.858. The van der Waals surface area contributed by atoms with E-state index in [0.717, 1.165) is 17.1 Å². The molecule has 0 aromatic heterocycles. The predicted molar refractivity (Wildman–Crippen MR) is 74.1 cm³/mol. The first-order valence-electron chi connectivity index (χ1n) is 7.03. The molecule has 0 amide bonds. The van der Waals surface area contributed by atoms with Crippen LogP contribution in [-0.2, 0) is 10.0 Å². The Kier molecular flexibility index (Phi) is 5.14. The largest absolute Gasteiger partial charge is 0.393 e.